The van der Waals surface area contributed by atoms with Gasteiger partial charge in [-0.05, 0) is 37.5 Å². The van der Waals surface area contributed by atoms with E-state index in [0.29, 0.717) is 13.2 Å². The Morgan fingerprint density at radius 3 is 2.75 bits per heavy atom. The second-order valence-corrected chi connectivity index (χ2v) is 8.80. The molecular formula is C19H31IN4O3S. The lowest BCUT2D eigenvalue weighted by atomic mass is 10.1. The fraction of sp³-hybridized carbons (Fsp3) is 0.526. The van der Waals surface area contributed by atoms with Gasteiger partial charge in [-0.1, -0.05) is 12.1 Å². The van der Waals surface area contributed by atoms with E-state index >= 15 is 0 Å². The maximum Gasteiger partial charge on any atom is 0.191 e. The van der Waals surface area contributed by atoms with Gasteiger partial charge in [-0.3, -0.25) is 4.99 Å². The van der Waals surface area contributed by atoms with Gasteiger partial charge in [-0.25, -0.2) is 8.42 Å². The van der Waals surface area contributed by atoms with Gasteiger partial charge in [-0.15, -0.1) is 24.0 Å². The molecule has 0 fully saturated rings. The third kappa shape index (κ3) is 8.78. The maximum atomic E-state index is 11.0. The van der Waals surface area contributed by atoms with Crippen LogP contribution in [-0.2, 0) is 21.0 Å². The van der Waals surface area contributed by atoms with Crippen molar-refractivity contribution < 1.29 is 13.2 Å². The third-order valence-corrected chi connectivity index (χ3v) is 4.97. The molecule has 0 saturated carbocycles. The Kier molecular flexibility index (Phi) is 10.8. The van der Waals surface area contributed by atoms with Crippen molar-refractivity contribution in [1.82, 2.24) is 15.6 Å². The fourth-order valence-electron chi connectivity index (χ4n) is 2.70. The summed E-state index contributed by atoms with van der Waals surface area (Å²) in [6, 6.07) is 6.44. The summed E-state index contributed by atoms with van der Waals surface area (Å²) in [6.45, 7) is 6.72. The number of sulfone groups is 1. The van der Waals surface area contributed by atoms with E-state index in [2.05, 4.69) is 51.9 Å². The Morgan fingerprint density at radius 2 is 2.04 bits per heavy atom. The van der Waals surface area contributed by atoms with Crippen LogP contribution >= 0.6 is 24.0 Å². The van der Waals surface area contributed by atoms with Crippen LogP contribution in [0.5, 0.6) is 0 Å². The number of guanidine groups is 1. The highest BCUT2D eigenvalue weighted by atomic mass is 127. The number of hydrogen-bond donors (Lipinski definition) is 3. The number of aromatic amines is 1. The Hall–Kier alpha value is -1.33. The van der Waals surface area contributed by atoms with Gasteiger partial charge >= 0.3 is 0 Å². The summed E-state index contributed by atoms with van der Waals surface area (Å²) >= 11 is 0. The SMILES string of the molecule is CCNC(=NCCOCCS(C)(=O)=O)NCCc1c[nH]c2cc(C)ccc12.I. The lowest BCUT2D eigenvalue weighted by molar-refractivity contribution is 0.157. The number of hydrogen-bond acceptors (Lipinski definition) is 4. The highest BCUT2D eigenvalue weighted by Crippen LogP contribution is 2.19. The molecule has 1 aromatic carbocycles. The van der Waals surface area contributed by atoms with Crippen molar-refractivity contribution >= 4 is 50.7 Å². The fourth-order valence-corrected chi connectivity index (χ4v) is 3.12. The number of halogens is 1. The van der Waals surface area contributed by atoms with Crippen molar-refractivity contribution in [2.24, 2.45) is 4.99 Å². The summed E-state index contributed by atoms with van der Waals surface area (Å²) < 4.78 is 27.4. The molecule has 3 N–H and O–H groups in total. The third-order valence-electron chi connectivity index (χ3n) is 4.06. The number of benzene rings is 1. The van der Waals surface area contributed by atoms with Crippen molar-refractivity contribution in [3.8, 4) is 0 Å². The van der Waals surface area contributed by atoms with Gasteiger partial charge in [0.05, 0.1) is 25.5 Å². The van der Waals surface area contributed by atoms with Crippen molar-refractivity contribution in [2.45, 2.75) is 20.3 Å². The number of nitrogens with one attached hydrogen (secondary N) is 3. The molecule has 7 nitrogen and oxygen atoms in total. The molecule has 0 spiro atoms. The molecule has 1 heterocycles. The molecule has 9 heteroatoms. The van der Waals surface area contributed by atoms with E-state index in [0.717, 1.165) is 31.0 Å². The molecule has 28 heavy (non-hydrogen) atoms. The standard InChI is InChI=1S/C19H30N4O3S.HI/c1-4-20-19(22-9-10-26-11-12-27(3,24)25)21-8-7-16-14-23-18-13-15(2)5-6-17(16)18;/h5-6,13-14,23H,4,7-12H2,1-3H3,(H2,20,21,22);1H. The smallest absolute Gasteiger partial charge is 0.191 e. The highest BCUT2D eigenvalue weighted by molar-refractivity contribution is 14.0. The van der Waals surface area contributed by atoms with Crippen molar-refractivity contribution in [3.63, 3.8) is 0 Å². The molecular weight excluding hydrogens is 491 g/mol. The lowest BCUT2D eigenvalue weighted by Crippen LogP contribution is -2.38. The number of fused-ring (bicyclic) bond motifs is 1. The number of aromatic nitrogens is 1. The number of nitrogens with zero attached hydrogens (tertiary/aromatic N) is 1. The normalized spacial score (nSPS) is 12.0. The summed E-state index contributed by atoms with van der Waals surface area (Å²) in [5.41, 5.74) is 3.68. The first-order valence-electron chi connectivity index (χ1n) is 9.23. The summed E-state index contributed by atoms with van der Waals surface area (Å²) in [5.74, 6) is 0.777. The molecule has 2 rings (SSSR count). The molecule has 1 aromatic heterocycles. The van der Waals surface area contributed by atoms with Crippen LogP contribution in [0.3, 0.4) is 0 Å². The summed E-state index contributed by atoms with van der Waals surface area (Å²) in [7, 11) is -2.98. The minimum atomic E-state index is -2.98. The first-order chi connectivity index (χ1) is 12.9. The number of rotatable bonds is 10. The molecule has 0 saturated heterocycles. The van der Waals surface area contributed by atoms with Crippen LogP contribution in [-0.4, -0.2) is 64.2 Å². The Morgan fingerprint density at radius 1 is 1.25 bits per heavy atom. The first-order valence-corrected chi connectivity index (χ1v) is 11.3. The van der Waals surface area contributed by atoms with Crippen molar-refractivity contribution in [3.05, 3.63) is 35.5 Å². The van der Waals surface area contributed by atoms with Crippen LogP contribution in [0.25, 0.3) is 10.9 Å². The molecule has 0 aliphatic heterocycles. The Balaban J connectivity index is 0.00000392. The largest absolute Gasteiger partial charge is 0.378 e. The van der Waals surface area contributed by atoms with E-state index in [9.17, 15) is 8.42 Å². The van der Waals surface area contributed by atoms with E-state index < -0.39 is 9.84 Å². The molecule has 0 radical (unpaired) electrons. The average molecular weight is 522 g/mol. The van der Waals surface area contributed by atoms with E-state index in [1.165, 1.54) is 22.8 Å². The van der Waals surface area contributed by atoms with E-state index in [1.807, 2.05) is 6.92 Å². The minimum absolute atomic E-state index is 0. The summed E-state index contributed by atoms with van der Waals surface area (Å²) in [4.78, 5) is 7.78. The zero-order valence-corrected chi connectivity index (χ0v) is 19.9. The molecule has 0 aliphatic carbocycles. The molecule has 0 bridgehead atoms. The lowest BCUT2D eigenvalue weighted by Gasteiger charge is -2.11. The van der Waals surface area contributed by atoms with Gasteiger partial charge in [0.2, 0.25) is 0 Å². The second-order valence-electron chi connectivity index (χ2n) is 6.54. The molecule has 158 valence electrons. The number of ether oxygens (including phenoxy) is 1. The quantitative estimate of drug-likeness (QED) is 0.193. The van der Waals surface area contributed by atoms with Crippen molar-refractivity contribution in [2.75, 3.05) is 44.9 Å². The summed E-state index contributed by atoms with van der Waals surface area (Å²) in [6.07, 6.45) is 4.15. The van der Waals surface area contributed by atoms with E-state index in [4.69, 9.17) is 4.74 Å². The minimum Gasteiger partial charge on any atom is -0.378 e. The van der Waals surface area contributed by atoms with Gasteiger partial charge in [0.15, 0.2) is 5.96 Å². The van der Waals surface area contributed by atoms with Crippen LogP contribution in [0.2, 0.25) is 0 Å². The number of aryl methyl sites for hydroxylation is 1. The Labute approximate surface area is 184 Å². The van der Waals surface area contributed by atoms with Crippen LogP contribution in [0.15, 0.2) is 29.4 Å². The average Bonchev–Trinajstić information content (AvgIpc) is 2.99. The van der Waals surface area contributed by atoms with Crippen LogP contribution in [0.1, 0.15) is 18.1 Å². The molecule has 0 unspecified atom stereocenters. The number of aliphatic imine (C=N–C) groups is 1. The van der Waals surface area contributed by atoms with E-state index in [1.54, 1.807) is 0 Å². The maximum absolute atomic E-state index is 11.0. The van der Waals surface area contributed by atoms with Gasteiger partial charge in [0.25, 0.3) is 0 Å². The van der Waals surface area contributed by atoms with Crippen LogP contribution < -0.4 is 10.6 Å². The van der Waals surface area contributed by atoms with Gasteiger partial charge in [0.1, 0.15) is 9.84 Å². The second kappa shape index (κ2) is 12.3. The predicted octanol–water partition coefficient (Wildman–Crippen LogP) is 2.25. The molecule has 2 aromatic rings. The van der Waals surface area contributed by atoms with Gasteiger partial charge in [0, 0.05) is 36.4 Å². The first kappa shape index (κ1) is 24.7. The van der Waals surface area contributed by atoms with E-state index in [-0.39, 0.29) is 36.3 Å². The number of H-pyrrole nitrogens is 1. The molecule has 0 amide bonds. The highest BCUT2D eigenvalue weighted by Gasteiger charge is 2.05. The van der Waals surface area contributed by atoms with Crippen LogP contribution in [0, 0.1) is 6.92 Å². The molecule has 0 aliphatic rings. The van der Waals surface area contributed by atoms with Crippen molar-refractivity contribution in [1.29, 1.82) is 0 Å². The zero-order chi connectivity index (χ0) is 19.7. The summed E-state index contributed by atoms with van der Waals surface area (Å²) in [5, 5.41) is 7.78. The van der Waals surface area contributed by atoms with Gasteiger partial charge in [-0.2, -0.15) is 0 Å². The molecule has 0 atom stereocenters. The topological polar surface area (TPSA) is 95.6 Å². The zero-order valence-electron chi connectivity index (χ0n) is 16.7. The predicted molar refractivity (Wildman–Crippen MR) is 127 cm³/mol. The van der Waals surface area contributed by atoms with Gasteiger partial charge < -0.3 is 20.4 Å². The Bertz CT molecular complexity index is 865. The monoisotopic (exact) mass is 522 g/mol. The van der Waals surface area contributed by atoms with Crippen LogP contribution in [0.4, 0.5) is 0 Å².